The molecule has 2 aromatic heterocycles. The maximum atomic E-state index is 5.62. The van der Waals surface area contributed by atoms with E-state index in [0.717, 1.165) is 28.0 Å². The van der Waals surface area contributed by atoms with Crippen LogP contribution >= 0.6 is 0 Å². The molecule has 0 aliphatic carbocycles. The summed E-state index contributed by atoms with van der Waals surface area (Å²) < 4.78 is 7.68. The fourth-order valence-electron chi connectivity index (χ4n) is 1.80. The molecule has 0 N–H and O–H groups in total. The molecule has 3 nitrogen and oxygen atoms in total. The second kappa shape index (κ2) is 2.38. The largest absolute Gasteiger partial charge is 0.436 e. The molecule has 0 atom stereocenters. The van der Waals surface area contributed by atoms with Crippen molar-refractivity contribution in [3.8, 4) is 0 Å². The lowest BCUT2D eigenvalue weighted by atomic mass is 10.2. The van der Waals surface area contributed by atoms with Crippen molar-refractivity contribution >= 4 is 22.2 Å². The minimum Gasteiger partial charge on any atom is -0.436 e. The Morgan fingerprint density at radius 3 is 2.93 bits per heavy atom. The van der Waals surface area contributed by atoms with Crippen molar-refractivity contribution in [1.29, 1.82) is 0 Å². The van der Waals surface area contributed by atoms with E-state index in [-0.39, 0.29) is 0 Å². The number of para-hydroxylation sites is 1. The number of benzene rings is 1. The monoisotopic (exact) mass is 186 g/mol. The predicted molar refractivity (Wildman–Crippen MR) is 55.2 cm³/mol. The van der Waals surface area contributed by atoms with Gasteiger partial charge in [-0.25, -0.2) is 0 Å². The number of imidazole rings is 1. The van der Waals surface area contributed by atoms with Crippen LogP contribution in [0.15, 0.2) is 28.7 Å². The van der Waals surface area contributed by atoms with Crippen molar-refractivity contribution in [2.45, 2.75) is 6.92 Å². The summed E-state index contributed by atoms with van der Waals surface area (Å²) in [4.78, 5) is 4.35. The summed E-state index contributed by atoms with van der Waals surface area (Å²) in [6, 6.07) is 8.01. The van der Waals surface area contributed by atoms with Crippen LogP contribution in [0.2, 0.25) is 0 Å². The first-order valence-electron chi connectivity index (χ1n) is 4.58. The van der Waals surface area contributed by atoms with Crippen molar-refractivity contribution in [3.05, 3.63) is 30.1 Å². The average Bonchev–Trinajstić information content (AvgIpc) is 2.65. The molecule has 0 unspecified atom stereocenters. The molecule has 2 heterocycles. The molecule has 3 heteroatoms. The summed E-state index contributed by atoms with van der Waals surface area (Å²) in [5.74, 6) is 0.976. The molecule has 0 saturated heterocycles. The van der Waals surface area contributed by atoms with E-state index in [9.17, 15) is 0 Å². The smallest absolute Gasteiger partial charge is 0.245 e. The summed E-state index contributed by atoms with van der Waals surface area (Å²) in [6.45, 7) is 1.98. The van der Waals surface area contributed by atoms with Crippen molar-refractivity contribution < 1.29 is 4.42 Å². The molecule has 0 amide bonds. The summed E-state index contributed by atoms with van der Waals surface area (Å²) in [6.07, 6.45) is 0. The lowest BCUT2D eigenvalue weighted by Gasteiger charge is -1.94. The van der Waals surface area contributed by atoms with Crippen molar-refractivity contribution in [3.63, 3.8) is 0 Å². The zero-order chi connectivity index (χ0) is 9.71. The highest BCUT2D eigenvalue weighted by atomic mass is 16.3. The number of aromatic nitrogens is 2. The molecule has 14 heavy (non-hydrogen) atoms. The van der Waals surface area contributed by atoms with Crippen LogP contribution in [-0.4, -0.2) is 9.55 Å². The van der Waals surface area contributed by atoms with Crippen LogP contribution in [0.5, 0.6) is 0 Å². The van der Waals surface area contributed by atoms with Gasteiger partial charge in [-0.2, -0.15) is 4.98 Å². The Hall–Kier alpha value is -1.77. The SMILES string of the molecule is Cc1nc2oc3ccccc3c2n1C. The Labute approximate surface area is 81.0 Å². The molecule has 3 aromatic rings. The molecule has 70 valence electrons. The standard InChI is InChI=1S/C11H10N2O/c1-7-12-11-10(13(7)2)8-5-3-4-6-9(8)14-11/h3-6H,1-2H3. The summed E-state index contributed by atoms with van der Waals surface area (Å²) in [5.41, 5.74) is 2.71. The van der Waals surface area contributed by atoms with E-state index in [4.69, 9.17) is 4.42 Å². The van der Waals surface area contributed by atoms with E-state index in [0.29, 0.717) is 0 Å². The maximum absolute atomic E-state index is 5.62. The van der Waals surface area contributed by atoms with Gasteiger partial charge in [-0.3, -0.25) is 0 Å². The van der Waals surface area contributed by atoms with Crippen LogP contribution < -0.4 is 0 Å². The van der Waals surface area contributed by atoms with Gasteiger partial charge in [0.05, 0.1) is 0 Å². The van der Waals surface area contributed by atoms with Crippen LogP contribution in [0.4, 0.5) is 0 Å². The molecule has 0 aliphatic heterocycles. The van der Waals surface area contributed by atoms with Gasteiger partial charge in [-0.1, -0.05) is 12.1 Å². The first-order chi connectivity index (χ1) is 6.77. The van der Waals surface area contributed by atoms with Gasteiger partial charge in [0.1, 0.15) is 16.9 Å². The van der Waals surface area contributed by atoms with Gasteiger partial charge in [-0.05, 0) is 19.1 Å². The van der Waals surface area contributed by atoms with E-state index >= 15 is 0 Å². The Bertz CT molecular complexity index is 619. The molecule has 0 aliphatic rings. The Morgan fingerprint density at radius 2 is 2.07 bits per heavy atom. The van der Waals surface area contributed by atoms with Crippen LogP contribution in [0, 0.1) is 6.92 Å². The highest BCUT2D eigenvalue weighted by Gasteiger charge is 2.12. The maximum Gasteiger partial charge on any atom is 0.245 e. The fourth-order valence-corrected chi connectivity index (χ4v) is 1.80. The van der Waals surface area contributed by atoms with Crippen LogP contribution in [-0.2, 0) is 7.05 Å². The Balaban J connectivity index is 2.62. The van der Waals surface area contributed by atoms with Gasteiger partial charge in [0, 0.05) is 12.4 Å². The molecular weight excluding hydrogens is 176 g/mol. The lowest BCUT2D eigenvalue weighted by molar-refractivity contribution is 0.654. The number of nitrogens with zero attached hydrogens (tertiary/aromatic N) is 2. The first-order valence-corrected chi connectivity index (χ1v) is 4.58. The highest BCUT2D eigenvalue weighted by molar-refractivity contribution is 6.01. The fraction of sp³-hybridized carbons (Fsp3) is 0.182. The van der Waals surface area contributed by atoms with Gasteiger partial charge in [0.2, 0.25) is 5.71 Å². The number of fused-ring (bicyclic) bond motifs is 3. The minimum absolute atomic E-state index is 0.728. The van der Waals surface area contributed by atoms with Crippen LogP contribution in [0.1, 0.15) is 5.82 Å². The van der Waals surface area contributed by atoms with Gasteiger partial charge < -0.3 is 8.98 Å². The third-order valence-corrected chi connectivity index (χ3v) is 2.64. The molecule has 0 bridgehead atoms. The molecular formula is C11H10N2O. The number of aryl methyl sites for hydroxylation is 2. The van der Waals surface area contributed by atoms with Gasteiger partial charge in [0.25, 0.3) is 0 Å². The number of hydrogen-bond acceptors (Lipinski definition) is 2. The molecule has 1 aromatic carbocycles. The normalized spacial score (nSPS) is 11.6. The number of furan rings is 1. The molecule has 3 rings (SSSR count). The van der Waals surface area contributed by atoms with Gasteiger partial charge in [-0.15, -0.1) is 0 Å². The lowest BCUT2D eigenvalue weighted by Crippen LogP contribution is -1.90. The Kier molecular flexibility index (Phi) is 1.29. The molecule has 0 radical (unpaired) electrons. The third-order valence-electron chi connectivity index (χ3n) is 2.64. The van der Waals surface area contributed by atoms with Gasteiger partial charge >= 0.3 is 0 Å². The number of hydrogen-bond donors (Lipinski definition) is 0. The number of rotatable bonds is 0. The van der Waals surface area contributed by atoms with E-state index in [1.165, 1.54) is 0 Å². The molecule has 0 saturated carbocycles. The molecule has 0 spiro atoms. The van der Waals surface area contributed by atoms with Crippen molar-refractivity contribution in [2.75, 3.05) is 0 Å². The third kappa shape index (κ3) is 0.789. The quantitative estimate of drug-likeness (QED) is 0.540. The van der Waals surface area contributed by atoms with Crippen molar-refractivity contribution in [1.82, 2.24) is 9.55 Å². The average molecular weight is 186 g/mol. The van der Waals surface area contributed by atoms with E-state index < -0.39 is 0 Å². The van der Waals surface area contributed by atoms with E-state index in [2.05, 4.69) is 15.6 Å². The van der Waals surface area contributed by atoms with Crippen LogP contribution in [0.25, 0.3) is 22.2 Å². The van der Waals surface area contributed by atoms with E-state index in [1.54, 1.807) is 0 Å². The van der Waals surface area contributed by atoms with Crippen LogP contribution in [0.3, 0.4) is 0 Å². The topological polar surface area (TPSA) is 31.0 Å². The predicted octanol–water partition coefficient (Wildman–Crippen LogP) is 2.63. The second-order valence-corrected chi connectivity index (χ2v) is 3.47. The second-order valence-electron chi connectivity index (χ2n) is 3.47. The zero-order valence-electron chi connectivity index (χ0n) is 8.11. The van der Waals surface area contributed by atoms with Crippen molar-refractivity contribution in [2.24, 2.45) is 7.05 Å². The summed E-state index contributed by atoms with van der Waals surface area (Å²) in [5, 5.41) is 1.13. The Morgan fingerprint density at radius 1 is 1.29 bits per heavy atom. The van der Waals surface area contributed by atoms with Gasteiger partial charge in [0.15, 0.2) is 0 Å². The summed E-state index contributed by atoms with van der Waals surface area (Å²) >= 11 is 0. The van der Waals surface area contributed by atoms with E-state index in [1.807, 2.05) is 32.2 Å². The summed E-state index contributed by atoms with van der Waals surface area (Å²) in [7, 11) is 2.01. The minimum atomic E-state index is 0.728. The highest BCUT2D eigenvalue weighted by Crippen LogP contribution is 2.27. The zero-order valence-corrected chi connectivity index (χ0v) is 8.11. The molecule has 0 fully saturated rings. The first kappa shape index (κ1) is 7.62.